The maximum atomic E-state index is 4.24. The number of nitrogens with zero attached hydrogens (tertiary/aromatic N) is 1. The number of aromatic nitrogens is 1. The highest BCUT2D eigenvalue weighted by atomic mass is 32.1. The number of hydrogen-bond donors (Lipinski definition) is 2. The molecule has 3 nitrogen and oxygen atoms in total. The zero-order valence-electron chi connectivity index (χ0n) is 11.7. The molecule has 0 spiro atoms. The van der Waals surface area contributed by atoms with Crippen LogP contribution in [0.2, 0.25) is 0 Å². The lowest BCUT2D eigenvalue weighted by atomic mass is 9.91. The van der Waals surface area contributed by atoms with Gasteiger partial charge >= 0.3 is 0 Å². The van der Waals surface area contributed by atoms with E-state index in [4.69, 9.17) is 0 Å². The van der Waals surface area contributed by atoms with Crippen LogP contribution in [0.5, 0.6) is 0 Å². The summed E-state index contributed by atoms with van der Waals surface area (Å²) < 4.78 is 0. The van der Waals surface area contributed by atoms with E-state index in [2.05, 4.69) is 60.0 Å². The molecule has 0 aliphatic carbocycles. The molecule has 0 aliphatic heterocycles. The van der Waals surface area contributed by atoms with Gasteiger partial charge in [-0.3, -0.25) is 4.98 Å². The van der Waals surface area contributed by atoms with Gasteiger partial charge in [-0.1, -0.05) is 19.9 Å². The average Bonchev–Trinajstić information content (AvgIpc) is 2.92. The minimum Gasteiger partial charge on any atom is -0.384 e. The number of thiophene rings is 1. The molecule has 2 heterocycles. The number of nitrogens with one attached hydrogen (secondary N) is 2. The van der Waals surface area contributed by atoms with E-state index in [1.807, 2.05) is 23.7 Å². The van der Waals surface area contributed by atoms with Crippen LogP contribution in [0.15, 0.2) is 36.0 Å². The van der Waals surface area contributed by atoms with Gasteiger partial charge in [0.25, 0.3) is 0 Å². The highest BCUT2D eigenvalue weighted by Crippen LogP contribution is 2.28. The summed E-state index contributed by atoms with van der Waals surface area (Å²) in [5, 5.41) is 8.88. The molecular weight excluding hydrogens is 254 g/mol. The topological polar surface area (TPSA) is 37.0 Å². The first kappa shape index (κ1) is 13.9. The maximum absolute atomic E-state index is 4.24. The van der Waals surface area contributed by atoms with Gasteiger partial charge in [0.15, 0.2) is 0 Å². The van der Waals surface area contributed by atoms with Crippen molar-refractivity contribution < 1.29 is 0 Å². The third-order valence-electron chi connectivity index (χ3n) is 3.04. The molecular formula is C15H21N3S. The second-order valence-electron chi connectivity index (χ2n) is 5.21. The highest BCUT2D eigenvalue weighted by Gasteiger charge is 2.21. The van der Waals surface area contributed by atoms with Gasteiger partial charge < -0.3 is 10.6 Å². The molecule has 0 unspecified atom stereocenters. The Kier molecular flexibility index (Phi) is 4.43. The lowest BCUT2D eigenvalue weighted by molar-refractivity contribution is 0.569. The molecule has 0 aromatic carbocycles. The molecule has 0 amide bonds. The van der Waals surface area contributed by atoms with Crippen LogP contribution in [0.4, 0.5) is 11.4 Å². The fourth-order valence-electron chi connectivity index (χ4n) is 1.91. The largest absolute Gasteiger partial charge is 0.384 e. The van der Waals surface area contributed by atoms with Crippen molar-refractivity contribution in [2.45, 2.75) is 26.2 Å². The average molecular weight is 275 g/mol. The van der Waals surface area contributed by atoms with E-state index in [0.29, 0.717) is 0 Å². The van der Waals surface area contributed by atoms with Crippen molar-refractivity contribution >= 4 is 22.7 Å². The van der Waals surface area contributed by atoms with Crippen molar-refractivity contribution in [3.05, 3.63) is 40.8 Å². The van der Waals surface area contributed by atoms with Crippen molar-refractivity contribution in [3.8, 4) is 0 Å². The second-order valence-corrected chi connectivity index (χ2v) is 6.16. The summed E-state index contributed by atoms with van der Waals surface area (Å²) in [4.78, 5) is 5.64. The van der Waals surface area contributed by atoms with Crippen LogP contribution >= 0.6 is 11.3 Å². The molecule has 0 fully saturated rings. The van der Waals surface area contributed by atoms with Crippen molar-refractivity contribution in [1.29, 1.82) is 0 Å². The van der Waals surface area contributed by atoms with E-state index in [9.17, 15) is 0 Å². The number of rotatable bonds is 6. The molecule has 0 atom stereocenters. The molecule has 2 rings (SSSR count). The molecule has 2 N–H and O–H groups in total. The molecule has 0 saturated heterocycles. The van der Waals surface area contributed by atoms with Gasteiger partial charge in [-0.05, 0) is 24.4 Å². The van der Waals surface area contributed by atoms with E-state index in [-0.39, 0.29) is 5.41 Å². The molecule has 2 aromatic heterocycles. The van der Waals surface area contributed by atoms with Crippen LogP contribution in [0.1, 0.15) is 25.6 Å². The van der Waals surface area contributed by atoms with Gasteiger partial charge in [-0.15, -0.1) is 11.3 Å². The quantitative estimate of drug-likeness (QED) is 0.837. The number of pyridine rings is 1. The van der Waals surface area contributed by atoms with Crippen LogP contribution in [-0.4, -0.2) is 18.1 Å². The monoisotopic (exact) mass is 275 g/mol. The molecule has 0 aliphatic rings. The first-order chi connectivity index (χ1) is 9.12. The molecule has 0 saturated carbocycles. The van der Waals surface area contributed by atoms with E-state index < -0.39 is 0 Å². The van der Waals surface area contributed by atoms with Gasteiger partial charge in [0, 0.05) is 23.4 Å². The summed E-state index contributed by atoms with van der Waals surface area (Å²) >= 11 is 1.81. The minimum absolute atomic E-state index is 0.127. The van der Waals surface area contributed by atoms with Crippen LogP contribution in [-0.2, 0) is 5.41 Å². The van der Waals surface area contributed by atoms with Crippen LogP contribution in [0, 0.1) is 0 Å². The van der Waals surface area contributed by atoms with E-state index >= 15 is 0 Å². The molecule has 2 aromatic rings. The van der Waals surface area contributed by atoms with Crippen molar-refractivity contribution in [2.75, 3.05) is 23.7 Å². The Bertz CT molecular complexity index is 506. The summed E-state index contributed by atoms with van der Waals surface area (Å²) in [6.45, 7) is 8.40. The van der Waals surface area contributed by atoms with Gasteiger partial charge in [-0.2, -0.15) is 0 Å². The van der Waals surface area contributed by atoms with Gasteiger partial charge in [0.2, 0.25) is 0 Å². The second kappa shape index (κ2) is 6.06. The number of hydrogen-bond acceptors (Lipinski definition) is 4. The molecule has 0 radical (unpaired) electrons. The summed E-state index contributed by atoms with van der Waals surface area (Å²) in [5.74, 6) is 0. The predicted molar refractivity (Wildman–Crippen MR) is 84.2 cm³/mol. The smallest absolute Gasteiger partial charge is 0.0547 e. The lowest BCUT2D eigenvalue weighted by Crippen LogP contribution is -2.26. The van der Waals surface area contributed by atoms with Gasteiger partial charge in [-0.25, -0.2) is 0 Å². The zero-order chi connectivity index (χ0) is 13.7. The standard InChI is InChI=1S/C15H21N3S/c1-4-17-12-8-13(10-16-9-12)18-11-15(2,3)14-6-5-7-19-14/h5-10,17-18H,4,11H2,1-3H3. The minimum atomic E-state index is 0.127. The molecule has 19 heavy (non-hydrogen) atoms. The summed E-state index contributed by atoms with van der Waals surface area (Å²) in [7, 11) is 0. The normalized spacial score (nSPS) is 11.3. The van der Waals surface area contributed by atoms with E-state index in [1.165, 1.54) is 4.88 Å². The maximum Gasteiger partial charge on any atom is 0.0547 e. The van der Waals surface area contributed by atoms with Crippen molar-refractivity contribution in [2.24, 2.45) is 0 Å². The fourth-order valence-corrected chi connectivity index (χ4v) is 2.76. The molecule has 102 valence electrons. The zero-order valence-corrected chi connectivity index (χ0v) is 12.6. The third kappa shape index (κ3) is 3.70. The summed E-state index contributed by atoms with van der Waals surface area (Å²) in [6, 6.07) is 6.40. The Morgan fingerprint density at radius 1 is 1.21 bits per heavy atom. The summed E-state index contributed by atoms with van der Waals surface area (Å²) in [6.07, 6.45) is 3.71. The van der Waals surface area contributed by atoms with Gasteiger partial charge in [0.05, 0.1) is 23.8 Å². The fraction of sp³-hybridized carbons (Fsp3) is 0.400. The lowest BCUT2D eigenvalue weighted by Gasteiger charge is -2.24. The Morgan fingerprint density at radius 2 is 1.95 bits per heavy atom. The van der Waals surface area contributed by atoms with Crippen LogP contribution < -0.4 is 10.6 Å². The third-order valence-corrected chi connectivity index (χ3v) is 4.28. The van der Waals surface area contributed by atoms with Crippen molar-refractivity contribution in [1.82, 2.24) is 4.98 Å². The highest BCUT2D eigenvalue weighted by molar-refractivity contribution is 7.10. The first-order valence-electron chi connectivity index (χ1n) is 6.58. The number of anilines is 2. The Morgan fingerprint density at radius 3 is 2.58 bits per heavy atom. The van der Waals surface area contributed by atoms with Crippen LogP contribution in [0.25, 0.3) is 0 Å². The molecule has 4 heteroatoms. The van der Waals surface area contributed by atoms with Crippen LogP contribution in [0.3, 0.4) is 0 Å². The van der Waals surface area contributed by atoms with Gasteiger partial charge in [0.1, 0.15) is 0 Å². The Labute approximate surface area is 119 Å². The van der Waals surface area contributed by atoms with E-state index in [1.54, 1.807) is 0 Å². The summed E-state index contributed by atoms with van der Waals surface area (Å²) in [5.41, 5.74) is 2.24. The van der Waals surface area contributed by atoms with E-state index in [0.717, 1.165) is 24.5 Å². The Hall–Kier alpha value is -1.55. The first-order valence-corrected chi connectivity index (χ1v) is 7.46. The predicted octanol–water partition coefficient (Wildman–Crippen LogP) is 3.96. The Balaban J connectivity index is 2.00. The SMILES string of the molecule is CCNc1cncc(NCC(C)(C)c2cccs2)c1. The molecule has 0 bridgehead atoms. The van der Waals surface area contributed by atoms with Crippen molar-refractivity contribution in [3.63, 3.8) is 0 Å².